The number of hydrogen-bond acceptors (Lipinski definition) is 4. The normalized spacial score (nSPS) is 12.5. The SMILES string of the molecule is COC(=O)C(C)NCc1cscc1Br. The molecule has 78 valence electrons. The van der Waals surface area contributed by atoms with Gasteiger partial charge in [0, 0.05) is 16.4 Å². The third-order valence-electron chi connectivity index (χ3n) is 1.84. The van der Waals surface area contributed by atoms with Crippen LogP contribution in [0.5, 0.6) is 0 Å². The van der Waals surface area contributed by atoms with Crippen molar-refractivity contribution in [2.45, 2.75) is 19.5 Å². The average Bonchev–Trinajstić information content (AvgIpc) is 2.59. The number of ether oxygens (including phenoxy) is 1. The van der Waals surface area contributed by atoms with Gasteiger partial charge in [0.2, 0.25) is 0 Å². The van der Waals surface area contributed by atoms with Crippen molar-refractivity contribution in [3.05, 3.63) is 20.8 Å². The number of esters is 1. The van der Waals surface area contributed by atoms with Crippen molar-refractivity contribution in [2.75, 3.05) is 7.11 Å². The van der Waals surface area contributed by atoms with Crippen molar-refractivity contribution >= 4 is 33.2 Å². The number of methoxy groups -OCH3 is 1. The topological polar surface area (TPSA) is 38.3 Å². The molecule has 0 aliphatic heterocycles. The molecule has 0 saturated heterocycles. The second-order valence-electron chi connectivity index (χ2n) is 2.87. The summed E-state index contributed by atoms with van der Waals surface area (Å²) < 4.78 is 5.68. The van der Waals surface area contributed by atoms with E-state index >= 15 is 0 Å². The lowest BCUT2D eigenvalue weighted by Crippen LogP contribution is -2.34. The summed E-state index contributed by atoms with van der Waals surface area (Å²) in [5.74, 6) is -0.239. The Labute approximate surface area is 95.6 Å². The first-order valence-corrected chi connectivity index (χ1v) is 5.90. The highest BCUT2D eigenvalue weighted by Crippen LogP contribution is 2.20. The molecule has 1 N–H and O–H groups in total. The van der Waals surface area contributed by atoms with Crippen LogP contribution in [0, 0.1) is 0 Å². The molecule has 1 unspecified atom stereocenters. The Balaban J connectivity index is 2.41. The van der Waals surface area contributed by atoms with E-state index in [-0.39, 0.29) is 12.0 Å². The Morgan fingerprint density at radius 3 is 2.93 bits per heavy atom. The highest BCUT2D eigenvalue weighted by Gasteiger charge is 2.12. The van der Waals surface area contributed by atoms with Gasteiger partial charge < -0.3 is 10.1 Å². The lowest BCUT2D eigenvalue weighted by atomic mass is 10.3. The van der Waals surface area contributed by atoms with Gasteiger partial charge in [-0.3, -0.25) is 4.79 Å². The number of carbonyl (C=O) groups is 1. The van der Waals surface area contributed by atoms with Crippen molar-refractivity contribution in [2.24, 2.45) is 0 Å². The van der Waals surface area contributed by atoms with Crippen molar-refractivity contribution < 1.29 is 9.53 Å². The minimum atomic E-state index is -0.271. The fourth-order valence-corrected chi connectivity index (χ4v) is 2.40. The van der Waals surface area contributed by atoms with E-state index in [4.69, 9.17) is 0 Å². The van der Waals surface area contributed by atoms with Gasteiger partial charge in [0.1, 0.15) is 6.04 Å². The maximum Gasteiger partial charge on any atom is 0.322 e. The minimum Gasteiger partial charge on any atom is -0.468 e. The molecule has 3 nitrogen and oxygen atoms in total. The van der Waals surface area contributed by atoms with E-state index in [1.165, 1.54) is 7.11 Å². The predicted molar refractivity (Wildman–Crippen MR) is 60.3 cm³/mol. The van der Waals surface area contributed by atoms with E-state index in [0.29, 0.717) is 6.54 Å². The Hall–Kier alpha value is -0.390. The van der Waals surface area contributed by atoms with Crippen LogP contribution in [0.25, 0.3) is 0 Å². The summed E-state index contributed by atoms with van der Waals surface area (Å²) in [5.41, 5.74) is 1.16. The number of halogens is 1. The molecular weight excluding hydrogens is 266 g/mol. The zero-order chi connectivity index (χ0) is 10.6. The summed E-state index contributed by atoms with van der Waals surface area (Å²) in [4.78, 5) is 11.1. The van der Waals surface area contributed by atoms with Crippen LogP contribution in [0.15, 0.2) is 15.2 Å². The summed E-state index contributed by atoms with van der Waals surface area (Å²) in [6, 6.07) is -0.271. The first-order valence-electron chi connectivity index (χ1n) is 4.17. The van der Waals surface area contributed by atoms with Crippen LogP contribution in [0.4, 0.5) is 0 Å². The summed E-state index contributed by atoms with van der Waals surface area (Å²) in [7, 11) is 1.39. The van der Waals surface area contributed by atoms with Crippen LogP contribution in [0.2, 0.25) is 0 Å². The molecule has 0 bridgehead atoms. The number of hydrogen-bond donors (Lipinski definition) is 1. The number of thiophene rings is 1. The van der Waals surface area contributed by atoms with E-state index in [1.807, 2.05) is 10.8 Å². The van der Waals surface area contributed by atoms with Crippen molar-refractivity contribution in [3.8, 4) is 0 Å². The van der Waals surface area contributed by atoms with Crippen molar-refractivity contribution in [1.29, 1.82) is 0 Å². The molecule has 0 saturated carbocycles. The molecular formula is C9H12BrNO2S. The monoisotopic (exact) mass is 277 g/mol. The Kier molecular flexibility index (Phi) is 4.57. The Morgan fingerprint density at radius 2 is 2.43 bits per heavy atom. The minimum absolute atomic E-state index is 0.239. The van der Waals surface area contributed by atoms with Gasteiger partial charge in [-0.15, -0.1) is 0 Å². The fraction of sp³-hybridized carbons (Fsp3) is 0.444. The van der Waals surface area contributed by atoms with Crippen molar-refractivity contribution in [3.63, 3.8) is 0 Å². The zero-order valence-corrected chi connectivity index (χ0v) is 10.4. The Bertz CT molecular complexity index is 314. The van der Waals surface area contributed by atoms with Gasteiger partial charge in [-0.05, 0) is 33.8 Å². The fourth-order valence-electron chi connectivity index (χ4n) is 0.957. The highest BCUT2D eigenvalue weighted by atomic mass is 79.9. The number of nitrogens with one attached hydrogen (secondary N) is 1. The summed E-state index contributed by atoms with van der Waals surface area (Å²) >= 11 is 5.05. The molecule has 0 aromatic carbocycles. The number of rotatable bonds is 4. The van der Waals surface area contributed by atoms with Crippen LogP contribution < -0.4 is 5.32 Å². The smallest absolute Gasteiger partial charge is 0.322 e. The first-order chi connectivity index (χ1) is 6.65. The molecule has 1 aromatic rings. The van der Waals surface area contributed by atoms with Crippen LogP contribution in [0.1, 0.15) is 12.5 Å². The molecule has 1 atom stereocenters. The maximum absolute atomic E-state index is 11.1. The van der Waals surface area contributed by atoms with Gasteiger partial charge in [0.05, 0.1) is 7.11 Å². The molecule has 14 heavy (non-hydrogen) atoms. The van der Waals surface area contributed by atoms with Crippen molar-refractivity contribution in [1.82, 2.24) is 5.32 Å². The zero-order valence-electron chi connectivity index (χ0n) is 8.04. The van der Waals surface area contributed by atoms with Gasteiger partial charge in [-0.25, -0.2) is 0 Å². The van der Waals surface area contributed by atoms with Crippen LogP contribution in [-0.2, 0) is 16.1 Å². The van der Waals surface area contributed by atoms with E-state index in [9.17, 15) is 4.79 Å². The van der Waals surface area contributed by atoms with Crippen LogP contribution in [0.3, 0.4) is 0 Å². The summed E-state index contributed by atoms with van der Waals surface area (Å²) in [5, 5.41) is 7.14. The molecule has 0 aliphatic rings. The largest absolute Gasteiger partial charge is 0.468 e. The maximum atomic E-state index is 11.1. The molecule has 5 heteroatoms. The molecule has 0 fully saturated rings. The van der Waals surface area contributed by atoms with Crippen LogP contribution in [-0.4, -0.2) is 19.1 Å². The lowest BCUT2D eigenvalue weighted by molar-refractivity contribution is -0.142. The summed E-state index contributed by atoms with van der Waals surface area (Å²) in [6.07, 6.45) is 0. The van der Waals surface area contributed by atoms with E-state index in [1.54, 1.807) is 18.3 Å². The van der Waals surface area contributed by atoms with Gasteiger partial charge >= 0.3 is 5.97 Å². The van der Waals surface area contributed by atoms with E-state index in [0.717, 1.165) is 10.0 Å². The third-order valence-corrected chi connectivity index (χ3v) is 3.68. The highest BCUT2D eigenvalue weighted by molar-refractivity contribution is 9.10. The molecule has 1 rings (SSSR count). The molecule has 0 amide bonds. The first kappa shape index (κ1) is 11.7. The average molecular weight is 278 g/mol. The molecule has 0 radical (unpaired) electrons. The third kappa shape index (κ3) is 3.08. The van der Waals surface area contributed by atoms with Crippen LogP contribution >= 0.6 is 27.3 Å². The Morgan fingerprint density at radius 1 is 1.71 bits per heavy atom. The molecule has 1 aromatic heterocycles. The second kappa shape index (κ2) is 5.48. The van der Waals surface area contributed by atoms with Gasteiger partial charge in [-0.2, -0.15) is 11.3 Å². The molecule has 0 spiro atoms. The van der Waals surface area contributed by atoms with E-state index < -0.39 is 0 Å². The summed E-state index contributed by atoms with van der Waals surface area (Å²) in [6.45, 7) is 2.45. The standard InChI is InChI=1S/C9H12BrNO2S/c1-6(9(12)13-2)11-3-7-4-14-5-8(7)10/h4-6,11H,3H2,1-2H3. The van der Waals surface area contributed by atoms with Gasteiger partial charge in [0.25, 0.3) is 0 Å². The lowest BCUT2D eigenvalue weighted by Gasteiger charge is -2.10. The van der Waals surface area contributed by atoms with E-state index in [2.05, 4.69) is 26.0 Å². The number of carbonyl (C=O) groups excluding carboxylic acids is 1. The van der Waals surface area contributed by atoms with Gasteiger partial charge in [0.15, 0.2) is 0 Å². The molecule has 0 aliphatic carbocycles. The quantitative estimate of drug-likeness (QED) is 0.858. The predicted octanol–water partition coefficient (Wildman–Crippen LogP) is 2.16. The second-order valence-corrected chi connectivity index (χ2v) is 4.47. The van der Waals surface area contributed by atoms with Gasteiger partial charge in [-0.1, -0.05) is 0 Å². The molecule has 1 heterocycles.